The Labute approximate surface area is 117 Å². The number of hydrogen-bond donors (Lipinski definition) is 1. The van der Waals surface area contributed by atoms with Gasteiger partial charge in [-0.2, -0.15) is 0 Å². The van der Waals surface area contributed by atoms with Gasteiger partial charge in [0.25, 0.3) is 10.9 Å². The molecule has 0 amide bonds. The van der Waals surface area contributed by atoms with E-state index in [4.69, 9.17) is 0 Å². The van der Waals surface area contributed by atoms with Crippen LogP contribution in [0, 0.1) is 0 Å². The summed E-state index contributed by atoms with van der Waals surface area (Å²) in [5.41, 5.74) is 4.20. The number of rotatable bonds is 3. The lowest BCUT2D eigenvalue weighted by Gasteiger charge is -2.32. The van der Waals surface area contributed by atoms with Gasteiger partial charge in [-0.15, -0.1) is 0 Å². The zero-order valence-corrected chi connectivity index (χ0v) is 11.8. The monoisotopic (exact) mass is 270 g/mol. The average Bonchev–Trinajstić information content (AvgIpc) is 2.50. The van der Waals surface area contributed by atoms with E-state index in [1.165, 1.54) is 16.7 Å². The highest BCUT2D eigenvalue weighted by atomic mass is 16.2. The quantitative estimate of drug-likeness (QED) is 0.858. The normalized spacial score (nSPS) is 14.4. The highest BCUT2D eigenvalue weighted by molar-refractivity contribution is 5.75. The summed E-state index contributed by atoms with van der Waals surface area (Å²) in [7, 11) is 1.69. The number of fused-ring (bicyclic) bond motifs is 1. The summed E-state index contributed by atoms with van der Waals surface area (Å²) in [6, 6.07) is 6.57. The fraction of sp³-hybridized carbons (Fsp3) is 0.375. The molecule has 1 aliphatic heterocycles. The smallest absolute Gasteiger partial charge is 0.253 e. The molecule has 1 N–H and O–H groups in total. The van der Waals surface area contributed by atoms with Crippen molar-refractivity contribution < 1.29 is 0 Å². The van der Waals surface area contributed by atoms with Crippen LogP contribution >= 0.6 is 0 Å². The van der Waals surface area contributed by atoms with Gasteiger partial charge in [0.05, 0.1) is 0 Å². The van der Waals surface area contributed by atoms with Crippen LogP contribution < -0.4 is 21.1 Å². The maximum atomic E-state index is 11.8. The lowest BCUT2D eigenvalue weighted by atomic mass is 9.95. The van der Waals surface area contributed by atoms with Gasteiger partial charge in [0.15, 0.2) is 0 Å². The molecule has 1 aliphatic rings. The largest absolute Gasteiger partial charge is 0.383 e. The molecular weight excluding hydrogens is 252 g/mol. The van der Waals surface area contributed by atoms with Gasteiger partial charge in [-0.3, -0.25) is 9.59 Å². The standard InChI is InChI=1S/C16H18N2O2/c1-3-10-4-5-11-6-7-18(9-12(11)8-10)14-13(17-2)15(19)16(14)20/h4-5,8,17H,3,6-7,9H2,1-2H3. The zero-order chi connectivity index (χ0) is 14.3. The van der Waals surface area contributed by atoms with Gasteiger partial charge < -0.3 is 10.2 Å². The summed E-state index contributed by atoms with van der Waals surface area (Å²) < 4.78 is 0. The third-order valence-corrected chi connectivity index (χ3v) is 4.14. The van der Waals surface area contributed by atoms with Gasteiger partial charge in [0.1, 0.15) is 11.4 Å². The van der Waals surface area contributed by atoms with Crippen LogP contribution in [0.1, 0.15) is 23.6 Å². The summed E-state index contributed by atoms with van der Waals surface area (Å²) in [6.45, 7) is 3.64. The van der Waals surface area contributed by atoms with Crippen LogP contribution in [0.4, 0.5) is 11.4 Å². The van der Waals surface area contributed by atoms with Crippen molar-refractivity contribution in [2.75, 3.05) is 23.8 Å². The van der Waals surface area contributed by atoms with Gasteiger partial charge in [-0.05, 0) is 29.5 Å². The molecule has 20 heavy (non-hydrogen) atoms. The molecule has 0 saturated heterocycles. The lowest BCUT2D eigenvalue weighted by molar-refractivity contribution is 0.725. The van der Waals surface area contributed by atoms with Crippen molar-refractivity contribution in [2.45, 2.75) is 26.3 Å². The summed E-state index contributed by atoms with van der Waals surface area (Å²) in [6.07, 6.45) is 1.93. The molecule has 0 radical (unpaired) electrons. The minimum Gasteiger partial charge on any atom is -0.383 e. The van der Waals surface area contributed by atoms with Crippen molar-refractivity contribution in [3.8, 4) is 0 Å². The van der Waals surface area contributed by atoms with Crippen molar-refractivity contribution in [1.82, 2.24) is 0 Å². The number of nitrogens with zero attached hydrogens (tertiary/aromatic N) is 1. The van der Waals surface area contributed by atoms with E-state index in [1.807, 2.05) is 4.90 Å². The first-order valence-electron chi connectivity index (χ1n) is 7.02. The lowest BCUT2D eigenvalue weighted by Crippen LogP contribution is -2.44. The van der Waals surface area contributed by atoms with E-state index in [9.17, 15) is 9.59 Å². The fourth-order valence-electron chi connectivity index (χ4n) is 2.93. The van der Waals surface area contributed by atoms with E-state index < -0.39 is 5.43 Å². The van der Waals surface area contributed by atoms with E-state index >= 15 is 0 Å². The zero-order valence-electron chi connectivity index (χ0n) is 11.8. The Morgan fingerprint density at radius 1 is 1.20 bits per heavy atom. The first-order valence-corrected chi connectivity index (χ1v) is 7.02. The maximum Gasteiger partial charge on any atom is 0.253 e. The first kappa shape index (κ1) is 12.9. The highest BCUT2D eigenvalue weighted by Crippen LogP contribution is 2.27. The molecule has 0 fully saturated rings. The Hall–Kier alpha value is -2.10. The van der Waals surface area contributed by atoms with E-state index in [1.54, 1.807) is 7.05 Å². The molecule has 0 bridgehead atoms. The number of aryl methyl sites for hydroxylation is 1. The average molecular weight is 270 g/mol. The molecule has 104 valence electrons. The van der Waals surface area contributed by atoms with Crippen LogP contribution in [0.3, 0.4) is 0 Å². The van der Waals surface area contributed by atoms with E-state index in [-0.39, 0.29) is 5.43 Å². The van der Waals surface area contributed by atoms with Crippen LogP contribution in [-0.2, 0) is 19.4 Å². The van der Waals surface area contributed by atoms with E-state index in [2.05, 4.69) is 30.4 Å². The molecule has 0 atom stereocenters. The molecule has 1 heterocycles. The number of hydrogen-bond acceptors (Lipinski definition) is 4. The van der Waals surface area contributed by atoms with Gasteiger partial charge in [0, 0.05) is 20.1 Å². The third kappa shape index (κ3) is 1.83. The molecule has 2 aromatic carbocycles. The molecule has 4 heteroatoms. The molecule has 0 aromatic heterocycles. The van der Waals surface area contributed by atoms with Crippen LogP contribution in [0.15, 0.2) is 27.8 Å². The molecule has 3 rings (SSSR count). The van der Waals surface area contributed by atoms with Gasteiger partial charge in [-0.1, -0.05) is 25.1 Å². The van der Waals surface area contributed by atoms with Crippen molar-refractivity contribution >= 4 is 11.4 Å². The Morgan fingerprint density at radius 3 is 2.70 bits per heavy atom. The molecule has 4 nitrogen and oxygen atoms in total. The molecule has 0 aliphatic carbocycles. The summed E-state index contributed by atoms with van der Waals surface area (Å²) in [5, 5.41) is 2.84. The highest BCUT2D eigenvalue weighted by Gasteiger charge is 2.27. The van der Waals surface area contributed by atoms with Crippen molar-refractivity contribution in [3.05, 3.63) is 55.3 Å². The fourth-order valence-corrected chi connectivity index (χ4v) is 2.93. The molecule has 2 aromatic rings. The van der Waals surface area contributed by atoms with Crippen molar-refractivity contribution in [2.24, 2.45) is 0 Å². The Morgan fingerprint density at radius 2 is 2.00 bits per heavy atom. The van der Waals surface area contributed by atoms with Crippen LogP contribution in [0.25, 0.3) is 0 Å². The van der Waals surface area contributed by atoms with Gasteiger partial charge in [0.2, 0.25) is 0 Å². The number of anilines is 2. The molecule has 0 unspecified atom stereocenters. The summed E-state index contributed by atoms with van der Waals surface area (Å²) >= 11 is 0. The summed E-state index contributed by atoms with van der Waals surface area (Å²) in [4.78, 5) is 25.3. The van der Waals surface area contributed by atoms with Crippen LogP contribution in [-0.4, -0.2) is 13.6 Å². The van der Waals surface area contributed by atoms with Crippen LogP contribution in [0.2, 0.25) is 0 Å². The van der Waals surface area contributed by atoms with Crippen molar-refractivity contribution in [3.63, 3.8) is 0 Å². The minimum atomic E-state index is -0.393. The molecule has 0 spiro atoms. The van der Waals surface area contributed by atoms with Crippen LogP contribution in [0.5, 0.6) is 0 Å². The second kappa shape index (κ2) is 4.78. The van der Waals surface area contributed by atoms with Gasteiger partial charge >= 0.3 is 0 Å². The Kier molecular flexibility index (Phi) is 3.08. The number of nitrogens with one attached hydrogen (secondary N) is 1. The molecular formula is C16H18N2O2. The SMILES string of the molecule is CCc1ccc2c(c1)CN(c1c(NC)c(=O)c1=O)CC2. The Balaban J connectivity index is 1.94. The molecule has 0 saturated carbocycles. The Bertz CT molecular complexity index is 726. The van der Waals surface area contributed by atoms with Gasteiger partial charge in [-0.25, -0.2) is 0 Å². The van der Waals surface area contributed by atoms with Crippen molar-refractivity contribution in [1.29, 1.82) is 0 Å². The third-order valence-electron chi connectivity index (χ3n) is 4.14. The minimum absolute atomic E-state index is 0.357. The van der Waals surface area contributed by atoms with E-state index in [0.717, 1.165) is 19.4 Å². The second-order valence-electron chi connectivity index (χ2n) is 5.26. The summed E-state index contributed by atoms with van der Waals surface area (Å²) in [5.74, 6) is 0. The predicted octanol–water partition coefficient (Wildman–Crippen LogP) is 1.45. The first-order chi connectivity index (χ1) is 9.65. The second-order valence-corrected chi connectivity index (χ2v) is 5.26. The number of benzene rings is 1. The van der Waals surface area contributed by atoms with E-state index in [0.29, 0.717) is 17.9 Å². The topological polar surface area (TPSA) is 49.4 Å². The maximum absolute atomic E-state index is 11.8. The predicted molar refractivity (Wildman–Crippen MR) is 81.5 cm³/mol.